The lowest BCUT2D eigenvalue weighted by Crippen LogP contribution is -2.19. The summed E-state index contributed by atoms with van der Waals surface area (Å²) >= 11 is 1.97. The summed E-state index contributed by atoms with van der Waals surface area (Å²) in [4.78, 5) is 0. The molecular weight excluding hydrogens is 364 g/mol. The number of ether oxygens (including phenoxy) is 2. The molecule has 0 heterocycles. The van der Waals surface area contributed by atoms with Crippen molar-refractivity contribution in [3.8, 4) is 0 Å². The third-order valence-corrected chi connectivity index (χ3v) is 5.92. The van der Waals surface area contributed by atoms with E-state index in [-0.39, 0.29) is 6.10 Å². The maximum absolute atomic E-state index is 5.97. The Kier molecular flexibility index (Phi) is 18.0. The van der Waals surface area contributed by atoms with Gasteiger partial charge in [-0.15, -0.1) is 0 Å². The predicted molar refractivity (Wildman–Crippen MR) is 125 cm³/mol. The van der Waals surface area contributed by atoms with Crippen molar-refractivity contribution in [2.75, 3.05) is 25.2 Å². The minimum atomic E-state index is 0.209. The second-order valence-electron chi connectivity index (χ2n) is 7.78. The summed E-state index contributed by atoms with van der Waals surface area (Å²) in [6, 6.07) is 10.4. The van der Waals surface area contributed by atoms with Gasteiger partial charge in [0, 0.05) is 6.61 Å². The Balaban J connectivity index is 1.82. The average Bonchev–Trinajstić information content (AvgIpc) is 2.73. The van der Waals surface area contributed by atoms with Gasteiger partial charge in [0.1, 0.15) is 0 Å². The quantitative estimate of drug-likeness (QED) is 0.206. The lowest BCUT2D eigenvalue weighted by Gasteiger charge is -2.16. The highest BCUT2D eigenvalue weighted by atomic mass is 32.2. The number of rotatable bonds is 20. The van der Waals surface area contributed by atoms with Crippen molar-refractivity contribution in [2.24, 2.45) is 0 Å². The zero-order valence-corrected chi connectivity index (χ0v) is 19.3. The van der Waals surface area contributed by atoms with Crippen LogP contribution in [-0.2, 0) is 16.1 Å². The molecule has 0 aromatic heterocycles. The maximum Gasteiger partial charge on any atom is 0.0810 e. The molecule has 0 bridgehead atoms. The van der Waals surface area contributed by atoms with E-state index >= 15 is 0 Å². The van der Waals surface area contributed by atoms with Crippen molar-refractivity contribution < 1.29 is 9.47 Å². The second-order valence-corrected chi connectivity index (χ2v) is 8.77. The SMILES string of the molecule is CCC(COCCCCCCCCCCCCCSC)OCc1ccccc1. The fraction of sp³-hybridized carbons (Fsp3) is 0.760. The number of benzene rings is 1. The summed E-state index contributed by atoms with van der Waals surface area (Å²) in [5.74, 6) is 1.34. The van der Waals surface area contributed by atoms with Gasteiger partial charge in [0.15, 0.2) is 0 Å². The second kappa shape index (κ2) is 19.8. The Bertz CT molecular complexity index is 424. The molecule has 2 nitrogen and oxygen atoms in total. The Morgan fingerprint density at radius 3 is 1.93 bits per heavy atom. The molecule has 1 aromatic rings. The van der Waals surface area contributed by atoms with Crippen LogP contribution in [0.5, 0.6) is 0 Å². The van der Waals surface area contributed by atoms with Crippen molar-refractivity contribution in [3.05, 3.63) is 35.9 Å². The lowest BCUT2D eigenvalue weighted by atomic mass is 10.1. The van der Waals surface area contributed by atoms with Gasteiger partial charge in [-0.3, -0.25) is 0 Å². The van der Waals surface area contributed by atoms with Crippen LogP contribution in [0.15, 0.2) is 30.3 Å². The first-order valence-corrected chi connectivity index (χ1v) is 13.0. The summed E-state index contributed by atoms with van der Waals surface area (Å²) in [7, 11) is 0. The smallest absolute Gasteiger partial charge is 0.0810 e. The van der Waals surface area contributed by atoms with E-state index in [2.05, 4.69) is 37.4 Å². The molecule has 0 fully saturated rings. The first-order valence-electron chi connectivity index (χ1n) is 11.6. The van der Waals surface area contributed by atoms with Crippen LogP contribution in [0.4, 0.5) is 0 Å². The maximum atomic E-state index is 5.97. The van der Waals surface area contributed by atoms with Gasteiger partial charge >= 0.3 is 0 Å². The van der Waals surface area contributed by atoms with Gasteiger partial charge in [-0.1, -0.05) is 95.0 Å². The van der Waals surface area contributed by atoms with Crippen LogP contribution in [0.3, 0.4) is 0 Å². The van der Waals surface area contributed by atoms with Crippen molar-refractivity contribution in [1.82, 2.24) is 0 Å². The van der Waals surface area contributed by atoms with E-state index in [1.165, 1.54) is 81.9 Å². The van der Waals surface area contributed by atoms with E-state index in [1.54, 1.807) is 0 Å². The van der Waals surface area contributed by atoms with Crippen molar-refractivity contribution >= 4 is 11.8 Å². The van der Waals surface area contributed by atoms with E-state index in [4.69, 9.17) is 9.47 Å². The lowest BCUT2D eigenvalue weighted by molar-refractivity contribution is -0.0269. The Morgan fingerprint density at radius 1 is 0.786 bits per heavy atom. The molecular formula is C25H44O2S. The van der Waals surface area contributed by atoms with Gasteiger partial charge in [0.2, 0.25) is 0 Å². The van der Waals surface area contributed by atoms with Crippen LogP contribution in [0.25, 0.3) is 0 Å². The van der Waals surface area contributed by atoms with Gasteiger partial charge in [-0.2, -0.15) is 11.8 Å². The number of hydrogen-bond acceptors (Lipinski definition) is 3. The van der Waals surface area contributed by atoms with Crippen LogP contribution >= 0.6 is 11.8 Å². The summed E-state index contributed by atoms with van der Waals surface area (Å²) in [6.45, 7) is 4.45. The van der Waals surface area contributed by atoms with Gasteiger partial charge < -0.3 is 9.47 Å². The minimum Gasteiger partial charge on any atom is -0.379 e. The Morgan fingerprint density at radius 2 is 1.36 bits per heavy atom. The molecule has 1 rings (SSSR count). The zero-order chi connectivity index (χ0) is 20.1. The first-order chi connectivity index (χ1) is 13.9. The summed E-state index contributed by atoms with van der Waals surface area (Å²) in [6.07, 6.45) is 18.6. The highest BCUT2D eigenvalue weighted by Crippen LogP contribution is 2.12. The number of unbranched alkanes of at least 4 members (excludes halogenated alkanes) is 10. The standard InChI is InChI=1S/C25H44O2S/c1-3-25(27-22-24-18-14-13-15-19-24)23-26-20-16-11-9-7-5-4-6-8-10-12-17-21-28-2/h13-15,18-19,25H,3-12,16-17,20-23H2,1-2H3. The van der Waals surface area contributed by atoms with Gasteiger partial charge in [0.25, 0.3) is 0 Å². The molecule has 0 aliphatic rings. The molecule has 1 atom stereocenters. The number of hydrogen-bond donors (Lipinski definition) is 0. The molecule has 162 valence electrons. The molecule has 0 spiro atoms. The van der Waals surface area contributed by atoms with Crippen LogP contribution in [0.2, 0.25) is 0 Å². The van der Waals surface area contributed by atoms with Gasteiger partial charge in [-0.05, 0) is 36.8 Å². The topological polar surface area (TPSA) is 18.5 Å². The largest absolute Gasteiger partial charge is 0.379 e. The molecule has 0 N–H and O–H groups in total. The highest BCUT2D eigenvalue weighted by Gasteiger charge is 2.07. The Labute approximate surface area is 179 Å². The molecule has 0 radical (unpaired) electrons. The van der Waals surface area contributed by atoms with Crippen molar-refractivity contribution in [3.63, 3.8) is 0 Å². The molecule has 0 aliphatic heterocycles. The molecule has 1 aromatic carbocycles. The Hall–Kier alpha value is -0.510. The monoisotopic (exact) mass is 408 g/mol. The molecule has 28 heavy (non-hydrogen) atoms. The van der Waals surface area contributed by atoms with E-state index in [9.17, 15) is 0 Å². The zero-order valence-electron chi connectivity index (χ0n) is 18.5. The average molecular weight is 409 g/mol. The minimum absolute atomic E-state index is 0.209. The van der Waals surface area contributed by atoms with E-state index < -0.39 is 0 Å². The third-order valence-electron chi connectivity index (χ3n) is 5.22. The molecule has 0 aliphatic carbocycles. The molecule has 0 saturated carbocycles. The fourth-order valence-corrected chi connectivity index (χ4v) is 3.82. The molecule has 1 unspecified atom stereocenters. The molecule has 0 saturated heterocycles. The summed E-state index contributed by atoms with van der Waals surface area (Å²) in [5.41, 5.74) is 1.23. The first kappa shape index (κ1) is 25.5. The van der Waals surface area contributed by atoms with Gasteiger partial charge in [0.05, 0.1) is 19.3 Å². The van der Waals surface area contributed by atoms with Crippen LogP contribution in [0, 0.1) is 0 Å². The van der Waals surface area contributed by atoms with E-state index in [1.807, 2.05) is 17.8 Å². The van der Waals surface area contributed by atoms with Crippen molar-refractivity contribution in [2.45, 2.75) is 96.7 Å². The molecule has 3 heteroatoms. The van der Waals surface area contributed by atoms with Crippen molar-refractivity contribution in [1.29, 1.82) is 0 Å². The predicted octanol–water partition coefficient (Wildman–Crippen LogP) is 7.65. The van der Waals surface area contributed by atoms with Crippen LogP contribution in [0.1, 0.15) is 89.5 Å². The van der Waals surface area contributed by atoms with E-state index in [0.29, 0.717) is 6.61 Å². The fourth-order valence-electron chi connectivity index (χ4n) is 3.33. The molecule has 0 amide bonds. The third kappa shape index (κ3) is 15.4. The normalized spacial score (nSPS) is 12.4. The summed E-state index contributed by atoms with van der Waals surface area (Å²) < 4.78 is 11.8. The summed E-state index contributed by atoms with van der Waals surface area (Å²) in [5, 5.41) is 0. The highest BCUT2D eigenvalue weighted by molar-refractivity contribution is 7.98. The number of thioether (sulfide) groups is 1. The van der Waals surface area contributed by atoms with Crippen LogP contribution in [-0.4, -0.2) is 31.3 Å². The van der Waals surface area contributed by atoms with Crippen LogP contribution < -0.4 is 0 Å². The van der Waals surface area contributed by atoms with Gasteiger partial charge in [-0.25, -0.2) is 0 Å². The van der Waals surface area contributed by atoms with E-state index in [0.717, 1.165) is 19.6 Å².